The maximum absolute atomic E-state index is 11.3. The van der Waals surface area contributed by atoms with Gasteiger partial charge in [0, 0.05) is 12.2 Å². The minimum Gasteiger partial charge on any atom is -0.480 e. The molecule has 1 aromatic rings. The van der Waals surface area contributed by atoms with Gasteiger partial charge in [-0.2, -0.15) is 5.26 Å². The number of carbonyl (C=O) groups is 1. The molecule has 0 radical (unpaired) electrons. The van der Waals surface area contributed by atoms with Crippen molar-refractivity contribution in [1.29, 1.82) is 5.26 Å². The quantitative estimate of drug-likeness (QED) is 0.717. The van der Waals surface area contributed by atoms with Gasteiger partial charge in [0.1, 0.15) is 0 Å². The fourth-order valence-corrected chi connectivity index (χ4v) is 1.14. The van der Waals surface area contributed by atoms with Crippen LogP contribution in [0.4, 0.5) is 5.82 Å². The zero-order chi connectivity index (χ0) is 12.7. The Kier molecular flexibility index (Phi) is 4.76. The van der Waals surface area contributed by atoms with Crippen LogP contribution in [0, 0.1) is 18.3 Å². The van der Waals surface area contributed by atoms with E-state index in [1.54, 1.807) is 12.1 Å². The van der Waals surface area contributed by atoms with Crippen LogP contribution in [0.5, 0.6) is 5.75 Å². The molecule has 0 spiro atoms. The number of aryl methyl sites for hydroxylation is 1. The topological polar surface area (TPSA) is 101 Å². The van der Waals surface area contributed by atoms with Gasteiger partial charge in [-0.1, -0.05) is 0 Å². The Morgan fingerprint density at radius 2 is 2.41 bits per heavy atom. The maximum atomic E-state index is 11.3. The molecule has 1 amide bonds. The fraction of sp³-hybridized carbons (Fsp3) is 0.364. The first-order chi connectivity index (χ1) is 8.13. The molecule has 0 aliphatic carbocycles. The molecular formula is C11H14N4O2. The van der Waals surface area contributed by atoms with E-state index in [0.29, 0.717) is 12.3 Å². The lowest BCUT2D eigenvalue weighted by Gasteiger charge is -2.08. The number of hydrogen-bond donors (Lipinski definition) is 2. The molecule has 0 saturated heterocycles. The normalized spacial score (nSPS) is 9.41. The Bertz CT molecular complexity index is 440. The molecule has 0 aromatic carbocycles. The zero-order valence-corrected chi connectivity index (χ0v) is 9.56. The Morgan fingerprint density at radius 3 is 3.06 bits per heavy atom. The van der Waals surface area contributed by atoms with Crippen LogP contribution < -0.4 is 15.8 Å². The SMILES string of the molecule is Cc1ccc(OCC(=O)NCCC#N)c(N)n1. The summed E-state index contributed by atoms with van der Waals surface area (Å²) < 4.78 is 5.20. The standard InChI is InChI=1S/C11H14N4O2/c1-8-3-4-9(11(13)15-8)17-7-10(16)14-6-2-5-12/h3-4H,2,6-7H2,1H3,(H2,13,15)(H,14,16). The highest BCUT2D eigenvalue weighted by Gasteiger charge is 2.05. The summed E-state index contributed by atoms with van der Waals surface area (Å²) in [6, 6.07) is 5.34. The number of rotatable bonds is 5. The van der Waals surface area contributed by atoms with E-state index in [4.69, 9.17) is 15.7 Å². The van der Waals surface area contributed by atoms with E-state index in [-0.39, 0.29) is 24.8 Å². The largest absolute Gasteiger partial charge is 0.480 e. The van der Waals surface area contributed by atoms with Crippen LogP contribution in [-0.2, 0) is 4.79 Å². The summed E-state index contributed by atoms with van der Waals surface area (Å²) in [5.74, 6) is 0.348. The van der Waals surface area contributed by atoms with Crippen molar-refractivity contribution in [1.82, 2.24) is 10.3 Å². The molecule has 3 N–H and O–H groups in total. The minimum atomic E-state index is -0.291. The lowest BCUT2D eigenvalue weighted by Crippen LogP contribution is -2.29. The van der Waals surface area contributed by atoms with Crippen LogP contribution in [0.2, 0.25) is 0 Å². The molecule has 1 heterocycles. The molecule has 6 heteroatoms. The number of nitriles is 1. The highest BCUT2D eigenvalue weighted by atomic mass is 16.5. The Labute approximate surface area is 99.4 Å². The van der Waals surface area contributed by atoms with Gasteiger partial charge in [-0.3, -0.25) is 4.79 Å². The van der Waals surface area contributed by atoms with Crippen LogP contribution in [-0.4, -0.2) is 24.0 Å². The average Bonchev–Trinajstić information content (AvgIpc) is 2.28. The third kappa shape index (κ3) is 4.38. The van der Waals surface area contributed by atoms with Gasteiger partial charge in [-0.05, 0) is 19.1 Å². The number of nitrogens with one attached hydrogen (secondary N) is 1. The van der Waals surface area contributed by atoms with Crippen LogP contribution >= 0.6 is 0 Å². The predicted octanol–water partition coefficient (Wildman–Crippen LogP) is 0.381. The second-order valence-corrected chi connectivity index (χ2v) is 3.38. The number of hydrogen-bond acceptors (Lipinski definition) is 5. The number of pyridine rings is 1. The van der Waals surface area contributed by atoms with Gasteiger partial charge in [0.25, 0.3) is 5.91 Å². The fourth-order valence-electron chi connectivity index (χ4n) is 1.14. The first-order valence-corrected chi connectivity index (χ1v) is 5.13. The van der Waals surface area contributed by atoms with E-state index >= 15 is 0 Å². The van der Waals surface area contributed by atoms with E-state index in [1.807, 2.05) is 13.0 Å². The van der Waals surface area contributed by atoms with E-state index in [0.717, 1.165) is 5.69 Å². The zero-order valence-electron chi connectivity index (χ0n) is 9.56. The monoisotopic (exact) mass is 234 g/mol. The van der Waals surface area contributed by atoms with Crippen LogP contribution in [0.3, 0.4) is 0 Å². The average molecular weight is 234 g/mol. The summed E-state index contributed by atoms with van der Waals surface area (Å²) in [5.41, 5.74) is 6.40. The van der Waals surface area contributed by atoms with Gasteiger partial charge < -0.3 is 15.8 Å². The number of ether oxygens (including phenoxy) is 1. The summed E-state index contributed by atoms with van der Waals surface area (Å²) in [7, 11) is 0. The molecule has 0 atom stereocenters. The van der Waals surface area contributed by atoms with Gasteiger partial charge in [0.2, 0.25) is 0 Å². The molecule has 0 aliphatic heterocycles. The van der Waals surface area contributed by atoms with E-state index < -0.39 is 0 Å². The summed E-state index contributed by atoms with van der Waals surface area (Å²) in [4.78, 5) is 15.3. The highest BCUT2D eigenvalue weighted by molar-refractivity contribution is 5.77. The van der Waals surface area contributed by atoms with Gasteiger partial charge in [-0.15, -0.1) is 0 Å². The van der Waals surface area contributed by atoms with Gasteiger partial charge in [-0.25, -0.2) is 4.98 Å². The number of carbonyl (C=O) groups excluding carboxylic acids is 1. The summed E-state index contributed by atoms with van der Waals surface area (Å²) in [5, 5.41) is 10.8. The second kappa shape index (κ2) is 6.33. The highest BCUT2D eigenvalue weighted by Crippen LogP contribution is 2.18. The van der Waals surface area contributed by atoms with Gasteiger partial charge in [0.15, 0.2) is 18.2 Å². The molecule has 17 heavy (non-hydrogen) atoms. The molecule has 0 aliphatic rings. The summed E-state index contributed by atoms with van der Waals surface area (Å²) in [6.07, 6.45) is 0.278. The van der Waals surface area contributed by atoms with E-state index in [2.05, 4.69) is 10.3 Å². The number of aromatic nitrogens is 1. The summed E-state index contributed by atoms with van der Waals surface area (Å²) in [6.45, 7) is 2.00. The van der Waals surface area contributed by atoms with Gasteiger partial charge in [0.05, 0.1) is 12.5 Å². The Morgan fingerprint density at radius 1 is 1.65 bits per heavy atom. The van der Waals surface area contributed by atoms with Crippen molar-refractivity contribution < 1.29 is 9.53 Å². The van der Waals surface area contributed by atoms with Crippen molar-refractivity contribution in [3.8, 4) is 11.8 Å². The Hall–Kier alpha value is -2.29. The third-order valence-corrected chi connectivity index (χ3v) is 1.94. The molecule has 1 aromatic heterocycles. The second-order valence-electron chi connectivity index (χ2n) is 3.38. The van der Waals surface area contributed by atoms with Crippen LogP contribution in [0.25, 0.3) is 0 Å². The number of nitrogens with two attached hydrogens (primary N) is 1. The van der Waals surface area contributed by atoms with Crippen molar-refractivity contribution in [2.75, 3.05) is 18.9 Å². The van der Waals surface area contributed by atoms with Crippen molar-refractivity contribution in [2.45, 2.75) is 13.3 Å². The third-order valence-electron chi connectivity index (χ3n) is 1.94. The van der Waals surface area contributed by atoms with Crippen molar-refractivity contribution in [2.24, 2.45) is 0 Å². The van der Waals surface area contributed by atoms with Crippen LogP contribution in [0.1, 0.15) is 12.1 Å². The lowest BCUT2D eigenvalue weighted by molar-refractivity contribution is -0.123. The molecular weight excluding hydrogens is 220 g/mol. The molecule has 6 nitrogen and oxygen atoms in total. The summed E-state index contributed by atoms with van der Waals surface area (Å²) >= 11 is 0. The molecule has 1 rings (SSSR count). The number of amides is 1. The molecule has 0 saturated carbocycles. The molecule has 90 valence electrons. The predicted molar refractivity (Wildman–Crippen MR) is 62.1 cm³/mol. The number of anilines is 1. The van der Waals surface area contributed by atoms with Crippen molar-refractivity contribution in [3.63, 3.8) is 0 Å². The molecule has 0 unspecified atom stereocenters. The van der Waals surface area contributed by atoms with Crippen molar-refractivity contribution >= 4 is 11.7 Å². The van der Waals surface area contributed by atoms with Crippen LogP contribution in [0.15, 0.2) is 12.1 Å². The smallest absolute Gasteiger partial charge is 0.257 e. The van der Waals surface area contributed by atoms with Gasteiger partial charge >= 0.3 is 0 Å². The maximum Gasteiger partial charge on any atom is 0.257 e. The number of nitrogen functional groups attached to an aromatic ring is 1. The number of nitrogens with zero attached hydrogens (tertiary/aromatic N) is 2. The lowest BCUT2D eigenvalue weighted by atomic mass is 10.3. The first-order valence-electron chi connectivity index (χ1n) is 5.13. The van der Waals surface area contributed by atoms with E-state index in [1.165, 1.54) is 0 Å². The Balaban J connectivity index is 2.40. The first kappa shape index (κ1) is 12.8. The minimum absolute atomic E-state index is 0.139. The van der Waals surface area contributed by atoms with Crippen molar-refractivity contribution in [3.05, 3.63) is 17.8 Å². The molecule has 0 fully saturated rings. The van der Waals surface area contributed by atoms with E-state index in [9.17, 15) is 4.79 Å². The molecule has 0 bridgehead atoms.